The molecule has 2 amide bonds. The van der Waals surface area contributed by atoms with Crippen molar-refractivity contribution in [1.82, 2.24) is 19.8 Å². The molecule has 1 heterocycles. The molecule has 28 heavy (non-hydrogen) atoms. The second-order valence-corrected chi connectivity index (χ2v) is 8.61. The van der Waals surface area contributed by atoms with Crippen molar-refractivity contribution in [3.05, 3.63) is 70.3 Å². The van der Waals surface area contributed by atoms with Crippen LogP contribution in [0.25, 0.3) is 16.9 Å². The van der Waals surface area contributed by atoms with Gasteiger partial charge in [-0.05, 0) is 36.4 Å². The minimum Gasteiger partial charge on any atom is -0.333 e. The van der Waals surface area contributed by atoms with Crippen LogP contribution in [-0.4, -0.2) is 30.5 Å². The van der Waals surface area contributed by atoms with Gasteiger partial charge in [0.05, 0.1) is 17.6 Å². The van der Waals surface area contributed by atoms with E-state index in [1.54, 1.807) is 35.1 Å². The third-order valence-electron chi connectivity index (χ3n) is 3.72. The van der Waals surface area contributed by atoms with Gasteiger partial charge >= 0.3 is 6.03 Å². The summed E-state index contributed by atoms with van der Waals surface area (Å²) in [7, 11) is -3.65. The van der Waals surface area contributed by atoms with Gasteiger partial charge in [0.15, 0.2) is 0 Å². The summed E-state index contributed by atoms with van der Waals surface area (Å²) in [4.78, 5) is 11.8. The lowest BCUT2D eigenvalue weighted by Crippen LogP contribution is -2.38. The minimum absolute atomic E-state index is 0.0763. The number of rotatable bonds is 5. The van der Waals surface area contributed by atoms with Crippen LogP contribution >= 0.6 is 23.2 Å². The average molecular weight is 439 g/mol. The Morgan fingerprint density at radius 2 is 1.61 bits per heavy atom. The number of hydrogen-bond acceptors (Lipinski definition) is 4. The molecule has 0 saturated heterocycles. The van der Waals surface area contributed by atoms with Crippen molar-refractivity contribution in [3.8, 4) is 16.9 Å². The van der Waals surface area contributed by atoms with Crippen LogP contribution < -0.4 is 10.0 Å². The van der Waals surface area contributed by atoms with E-state index in [0.717, 1.165) is 17.5 Å². The number of nitrogens with zero attached hydrogens (tertiary/aromatic N) is 2. The molecule has 0 aliphatic carbocycles. The van der Waals surface area contributed by atoms with Gasteiger partial charge in [0.1, 0.15) is 0 Å². The number of benzene rings is 2. The monoisotopic (exact) mass is 438 g/mol. The molecule has 0 aliphatic rings. The van der Waals surface area contributed by atoms with E-state index in [1.807, 2.05) is 29.0 Å². The van der Waals surface area contributed by atoms with Gasteiger partial charge in [0, 0.05) is 33.9 Å². The summed E-state index contributed by atoms with van der Waals surface area (Å²) >= 11 is 11.9. The van der Waals surface area contributed by atoms with E-state index in [2.05, 4.69) is 10.4 Å². The molecule has 0 atom stereocenters. The fourth-order valence-electron chi connectivity index (χ4n) is 2.50. The van der Waals surface area contributed by atoms with E-state index in [0.29, 0.717) is 21.3 Å². The Bertz CT molecular complexity index is 1090. The molecule has 146 valence electrons. The summed E-state index contributed by atoms with van der Waals surface area (Å²) in [6, 6.07) is 13.4. The molecule has 0 fully saturated rings. The Balaban J connectivity index is 1.93. The van der Waals surface area contributed by atoms with Gasteiger partial charge < -0.3 is 5.32 Å². The molecule has 3 rings (SSSR count). The summed E-state index contributed by atoms with van der Waals surface area (Å²) in [5.41, 5.74) is 2.91. The van der Waals surface area contributed by atoms with Crippen LogP contribution in [0.5, 0.6) is 0 Å². The number of carbonyl (C=O) groups excluding carboxylic acids is 1. The molecular formula is C18H16Cl2N4O3S. The number of amides is 2. The second kappa shape index (κ2) is 8.22. The Morgan fingerprint density at radius 1 is 1.04 bits per heavy atom. The second-order valence-electron chi connectivity index (χ2n) is 5.99. The average Bonchev–Trinajstić information content (AvgIpc) is 3.04. The SMILES string of the molecule is CS(=O)(=O)NC(=O)NCc1cn(-c2ccc(Cl)cc2)nc1-c1ccc(Cl)cc1. The van der Waals surface area contributed by atoms with Gasteiger partial charge in [-0.3, -0.25) is 0 Å². The standard InChI is InChI=1S/C18H16Cl2N4O3S/c1-28(26,27)23-18(25)21-10-13-11-24(16-8-6-15(20)7-9-16)22-17(13)12-2-4-14(19)5-3-12/h2-9,11H,10H2,1H3,(H2,21,23,25). The largest absolute Gasteiger partial charge is 0.333 e. The smallest absolute Gasteiger partial charge is 0.328 e. The van der Waals surface area contributed by atoms with E-state index >= 15 is 0 Å². The van der Waals surface area contributed by atoms with E-state index in [9.17, 15) is 13.2 Å². The number of sulfonamides is 1. The highest BCUT2D eigenvalue weighted by Gasteiger charge is 2.15. The summed E-state index contributed by atoms with van der Waals surface area (Å²) in [5, 5.41) is 8.32. The van der Waals surface area contributed by atoms with E-state index < -0.39 is 16.1 Å². The first kappa shape index (κ1) is 20.2. The lowest BCUT2D eigenvalue weighted by molar-refractivity contribution is 0.245. The van der Waals surface area contributed by atoms with Crippen LogP contribution in [0.3, 0.4) is 0 Å². The van der Waals surface area contributed by atoms with Crippen molar-refractivity contribution in [2.45, 2.75) is 6.54 Å². The van der Waals surface area contributed by atoms with Crippen molar-refractivity contribution in [2.24, 2.45) is 0 Å². The summed E-state index contributed by atoms with van der Waals surface area (Å²) in [6.45, 7) is 0.0763. The summed E-state index contributed by atoms with van der Waals surface area (Å²) in [5.74, 6) is 0. The van der Waals surface area contributed by atoms with Crippen LogP contribution in [0.15, 0.2) is 54.7 Å². The lowest BCUT2D eigenvalue weighted by Gasteiger charge is -2.06. The zero-order valence-electron chi connectivity index (χ0n) is 14.7. The molecule has 2 aromatic carbocycles. The number of urea groups is 1. The maximum absolute atomic E-state index is 11.8. The summed E-state index contributed by atoms with van der Waals surface area (Å²) < 4.78 is 25.9. The Morgan fingerprint density at radius 3 is 2.18 bits per heavy atom. The number of halogens is 2. The molecule has 7 nitrogen and oxygen atoms in total. The van der Waals surface area contributed by atoms with E-state index in [1.165, 1.54) is 0 Å². The molecule has 10 heteroatoms. The third-order valence-corrected chi connectivity index (χ3v) is 4.78. The van der Waals surface area contributed by atoms with Gasteiger partial charge in [0.25, 0.3) is 0 Å². The maximum Gasteiger partial charge on any atom is 0.328 e. The fraction of sp³-hybridized carbons (Fsp3) is 0.111. The molecule has 0 radical (unpaired) electrons. The molecule has 0 saturated carbocycles. The van der Waals surface area contributed by atoms with Crippen LogP contribution in [0.1, 0.15) is 5.56 Å². The van der Waals surface area contributed by atoms with Gasteiger partial charge in [-0.25, -0.2) is 22.6 Å². The molecule has 3 aromatic rings. The van der Waals surface area contributed by atoms with Crippen LogP contribution in [-0.2, 0) is 16.6 Å². The number of hydrogen-bond donors (Lipinski definition) is 2. The highest BCUT2D eigenvalue weighted by atomic mass is 35.5. The molecule has 0 bridgehead atoms. The molecular weight excluding hydrogens is 423 g/mol. The molecule has 2 N–H and O–H groups in total. The normalized spacial score (nSPS) is 11.2. The number of nitrogens with one attached hydrogen (secondary N) is 2. The van der Waals surface area contributed by atoms with Gasteiger partial charge in [-0.1, -0.05) is 35.3 Å². The van der Waals surface area contributed by atoms with E-state index in [4.69, 9.17) is 23.2 Å². The van der Waals surface area contributed by atoms with Crippen molar-refractivity contribution in [1.29, 1.82) is 0 Å². The number of aromatic nitrogens is 2. The molecule has 0 aliphatic heterocycles. The predicted molar refractivity (Wildman–Crippen MR) is 109 cm³/mol. The fourth-order valence-corrected chi connectivity index (χ4v) is 3.16. The van der Waals surface area contributed by atoms with Crippen molar-refractivity contribution >= 4 is 39.3 Å². The van der Waals surface area contributed by atoms with E-state index in [-0.39, 0.29) is 6.54 Å². The summed E-state index contributed by atoms with van der Waals surface area (Å²) in [6.07, 6.45) is 2.66. The topological polar surface area (TPSA) is 93.1 Å². The molecule has 0 spiro atoms. The Kier molecular flexibility index (Phi) is 5.93. The minimum atomic E-state index is -3.65. The van der Waals surface area contributed by atoms with Crippen LogP contribution in [0.4, 0.5) is 4.79 Å². The predicted octanol–water partition coefficient (Wildman–Crippen LogP) is 3.60. The highest BCUT2D eigenvalue weighted by molar-refractivity contribution is 7.89. The first-order valence-electron chi connectivity index (χ1n) is 8.07. The van der Waals surface area contributed by atoms with Gasteiger partial charge in [0.2, 0.25) is 10.0 Å². The Hall–Kier alpha value is -2.55. The quantitative estimate of drug-likeness (QED) is 0.635. The molecule has 0 unspecified atom stereocenters. The molecule has 1 aromatic heterocycles. The zero-order chi connectivity index (χ0) is 20.3. The number of carbonyl (C=O) groups is 1. The van der Waals surface area contributed by atoms with Crippen molar-refractivity contribution in [3.63, 3.8) is 0 Å². The first-order chi connectivity index (χ1) is 13.2. The third kappa shape index (κ3) is 5.25. The van der Waals surface area contributed by atoms with Crippen LogP contribution in [0.2, 0.25) is 10.0 Å². The highest BCUT2D eigenvalue weighted by Crippen LogP contribution is 2.25. The lowest BCUT2D eigenvalue weighted by atomic mass is 10.1. The Labute approximate surface area is 172 Å². The van der Waals surface area contributed by atoms with Crippen molar-refractivity contribution < 1.29 is 13.2 Å². The van der Waals surface area contributed by atoms with Crippen molar-refractivity contribution in [2.75, 3.05) is 6.26 Å². The first-order valence-corrected chi connectivity index (χ1v) is 10.7. The van der Waals surface area contributed by atoms with Crippen LogP contribution in [0, 0.1) is 0 Å². The maximum atomic E-state index is 11.8. The van der Waals surface area contributed by atoms with Gasteiger partial charge in [-0.15, -0.1) is 0 Å². The van der Waals surface area contributed by atoms with Gasteiger partial charge in [-0.2, -0.15) is 5.10 Å². The zero-order valence-corrected chi connectivity index (χ0v) is 17.0.